The van der Waals surface area contributed by atoms with Crippen molar-refractivity contribution in [1.29, 1.82) is 5.26 Å². The molecule has 1 aromatic heterocycles. The van der Waals surface area contributed by atoms with Crippen LogP contribution in [0.1, 0.15) is 42.6 Å². The van der Waals surface area contributed by atoms with E-state index in [4.69, 9.17) is 0 Å². The Morgan fingerprint density at radius 2 is 1.96 bits per heavy atom. The lowest BCUT2D eigenvalue weighted by molar-refractivity contribution is -0.128. The quantitative estimate of drug-likeness (QED) is 0.939. The molecule has 5 nitrogen and oxygen atoms in total. The van der Waals surface area contributed by atoms with Crippen molar-refractivity contribution in [3.63, 3.8) is 0 Å². The van der Waals surface area contributed by atoms with Crippen LogP contribution in [0, 0.1) is 30.6 Å². The predicted octanol–water partition coefficient (Wildman–Crippen LogP) is 3.19. The van der Waals surface area contributed by atoms with Crippen molar-refractivity contribution in [2.75, 3.05) is 0 Å². The molecule has 1 saturated carbocycles. The molecule has 0 atom stereocenters. The van der Waals surface area contributed by atoms with E-state index >= 15 is 0 Å². The molecular weight excluding hydrogens is 300 g/mol. The van der Waals surface area contributed by atoms with Crippen LogP contribution in [0.3, 0.4) is 0 Å². The molecular formula is C19H22N4O. The number of hydrogen-bond acceptors (Lipinski definition) is 3. The summed E-state index contributed by atoms with van der Waals surface area (Å²) in [6.07, 6.45) is 3.23. The predicted molar refractivity (Wildman–Crippen MR) is 91.4 cm³/mol. The van der Waals surface area contributed by atoms with Gasteiger partial charge in [0, 0.05) is 17.8 Å². The fraction of sp³-hybridized carbons (Fsp3) is 0.421. The summed E-state index contributed by atoms with van der Waals surface area (Å²) in [5.41, 5.74) is 3.08. The van der Waals surface area contributed by atoms with Gasteiger partial charge in [0.1, 0.15) is 5.41 Å². The van der Waals surface area contributed by atoms with Gasteiger partial charge in [-0.2, -0.15) is 10.4 Å². The molecule has 124 valence electrons. The second-order valence-corrected chi connectivity index (χ2v) is 6.48. The molecule has 1 N–H and O–H groups in total. The summed E-state index contributed by atoms with van der Waals surface area (Å²) in [5, 5.41) is 17.0. The van der Waals surface area contributed by atoms with Crippen molar-refractivity contribution in [3.8, 4) is 11.8 Å². The van der Waals surface area contributed by atoms with Gasteiger partial charge in [0.25, 0.3) is 0 Å². The van der Waals surface area contributed by atoms with E-state index in [-0.39, 0.29) is 5.91 Å². The van der Waals surface area contributed by atoms with E-state index in [1.807, 2.05) is 48.9 Å². The Hall–Kier alpha value is -2.61. The van der Waals surface area contributed by atoms with Gasteiger partial charge in [-0.1, -0.05) is 31.0 Å². The Morgan fingerprint density at radius 3 is 2.58 bits per heavy atom. The van der Waals surface area contributed by atoms with Crippen molar-refractivity contribution in [2.24, 2.45) is 5.41 Å². The summed E-state index contributed by atoms with van der Waals surface area (Å²) in [5.74, 6) is -0.145. The summed E-state index contributed by atoms with van der Waals surface area (Å²) in [7, 11) is 0. The summed E-state index contributed by atoms with van der Waals surface area (Å²) >= 11 is 0. The summed E-state index contributed by atoms with van der Waals surface area (Å²) in [6, 6.07) is 12.2. The molecule has 0 bridgehead atoms. The molecule has 1 amide bonds. The molecule has 0 aliphatic heterocycles. The van der Waals surface area contributed by atoms with Gasteiger partial charge < -0.3 is 5.32 Å². The van der Waals surface area contributed by atoms with E-state index in [2.05, 4.69) is 16.5 Å². The fourth-order valence-corrected chi connectivity index (χ4v) is 3.46. The van der Waals surface area contributed by atoms with Crippen LogP contribution in [0.5, 0.6) is 0 Å². The fourth-order valence-electron chi connectivity index (χ4n) is 3.46. The van der Waals surface area contributed by atoms with E-state index in [0.717, 1.165) is 35.5 Å². The van der Waals surface area contributed by atoms with Crippen molar-refractivity contribution < 1.29 is 4.79 Å². The molecule has 2 aromatic rings. The van der Waals surface area contributed by atoms with E-state index in [9.17, 15) is 10.1 Å². The maximum absolute atomic E-state index is 12.5. The highest BCUT2D eigenvalue weighted by Gasteiger charge is 2.41. The zero-order valence-corrected chi connectivity index (χ0v) is 14.2. The number of nitriles is 1. The lowest BCUT2D eigenvalue weighted by Gasteiger charge is -2.19. The third kappa shape index (κ3) is 2.80. The van der Waals surface area contributed by atoms with Crippen LogP contribution in [0.15, 0.2) is 30.3 Å². The van der Waals surface area contributed by atoms with E-state index in [1.165, 1.54) is 0 Å². The van der Waals surface area contributed by atoms with E-state index in [1.54, 1.807) is 0 Å². The average molecular weight is 322 g/mol. The van der Waals surface area contributed by atoms with Crippen LogP contribution in [-0.2, 0) is 11.3 Å². The van der Waals surface area contributed by atoms with Gasteiger partial charge in [-0.05, 0) is 38.8 Å². The number of amides is 1. The topological polar surface area (TPSA) is 70.7 Å². The largest absolute Gasteiger partial charge is 0.350 e. The van der Waals surface area contributed by atoms with Crippen LogP contribution in [0.2, 0.25) is 0 Å². The number of nitrogens with one attached hydrogen (secondary N) is 1. The lowest BCUT2D eigenvalue weighted by atomic mass is 9.87. The van der Waals surface area contributed by atoms with Crippen molar-refractivity contribution in [3.05, 3.63) is 47.3 Å². The first-order valence-corrected chi connectivity index (χ1v) is 8.37. The SMILES string of the molecule is Cc1nn(-c2ccccc2)c(C)c1CNC(=O)C1(C#N)CCCC1. The summed E-state index contributed by atoms with van der Waals surface area (Å²) in [4.78, 5) is 12.5. The Kier molecular flexibility index (Phi) is 4.39. The van der Waals surface area contributed by atoms with Gasteiger partial charge in [-0.3, -0.25) is 4.79 Å². The van der Waals surface area contributed by atoms with Crippen molar-refractivity contribution >= 4 is 5.91 Å². The Bertz CT molecular complexity index is 780. The molecule has 1 aliphatic carbocycles. The zero-order chi connectivity index (χ0) is 17.2. The number of nitrogens with zero attached hydrogens (tertiary/aromatic N) is 3. The number of hydrogen-bond donors (Lipinski definition) is 1. The first kappa shape index (κ1) is 16.3. The normalized spacial score (nSPS) is 15.9. The second-order valence-electron chi connectivity index (χ2n) is 6.48. The Labute approximate surface area is 142 Å². The highest BCUT2D eigenvalue weighted by atomic mass is 16.2. The highest BCUT2D eigenvalue weighted by Crippen LogP contribution is 2.37. The molecule has 1 aliphatic rings. The molecule has 1 heterocycles. The van der Waals surface area contributed by atoms with Gasteiger partial charge in [-0.25, -0.2) is 4.68 Å². The third-order valence-electron chi connectivity index (χ3n) is 4.97. The standard InChI is InChI=1S/C19H22N4O/c1-14-17(12-21-18(24)19(13-20)10-6-7-11-19)15(2)23(22-14)16-8-4-3-5-9-16/h3-5,8-9H,6-7,10-12H2,1-2H3,(H,21,24). The first-order valence-electron chi connectivity index (χ1n) is 8.37. The Morgan fingerprint density at radius 1 is 1.29 bits per heavy atom. The van der Waals surface area contributed by atoms with Crippen LogP contribution < -0.4 is 5.32 Å². The number of carbonyl (C=O) groups excluding carboxylic acids is 1. The zero-order valence-electron chi connectivity index (χ0n) is 14.2. The number of carbonyl (C=O) groups is 1. The molecule has 0 radical (unpaired) electrons. The number of aryl methyl sites for hydroxylation is 1. The lowest BCUT2D eigenvalue weighted by Crippen LogP contribution is -2.38. The maximum Gasteiger partial charge on any atom is 0.240 e. The van der Waals surface area contributed by atoms with Crippen molar-refractivity contribution in [1.82, 2.24) is 15.1 Å². The van der Waals surface area contributed by atoms with Crippen LogP contribution >= 0.6 is 0 Å². The van der Waals surface area contributed by atoms with Crippen LogP contribution in [0.4, 0.5) is 0 Å². The molecule has 0 saturated heterocycles. The van der Waals surface area contributed by atoms with Crippen LogP contribution in [0.25, 0.3) is 5.69 Å². The average Bonchev–Trinajstić information content (AvgIpc) is 3.20. The highest BCUT2D eigenvalue weighted by molar-refractivity contribution is 5.85. The first-order chi connectivity index (χ1) is 11.6. The summed E-state index contributed by atoms with van der Waals surface area (Å²) < 4.78 is 1.90. The van der Waals surface area contributed by atoms with Gasteiger partial charge in [0.05, 0.1) is 17.5 Å². The number of benzene rings is 1. The number of aromatic nitrogens is 2. The molecule has 0 unspecified atom stereocenters. The van der Waals surface area contributed by atoms with Crippen LogP contribution in [-0.4, -0.2) is 15.7 Å². The third-order valence-corrected chi connectivity index (χ3v) is 4.97. The molecule has 5 heteroatoms. The van der Waals surface area contributed by atoms with E-state index < -0.39 is 5.41 Å². The molecule has 24 heavy (non-hydrogen) atoms. The van der Waals surface area contributed by atoms with Gasteiger partial charge >= 0.3 is 0 Å². The molecule has 3 rings (SSSR count). The number of rotatable bonds is 4. The van der Waals surface area contributed by atoms with Gasteiger partial charge in [0.15, 0.2) is 0 Å². The summed E-state index contributed by atoms with van der Waals surface area (Å²) in [6.45, 7) is 4.36. The maximum atomic E-state index is 12.5. The number of para-hydroxylation sites is 1. The molecule has 0 spiro atoms. The molecule has 1 aromatic carbocycles. The second kappa shape index (κ2) is 6.48. The minimum atomic E-state index is -0.836. The van der Waals surface area contributed by atoms with Gasteiger partial charge in [0.2, 0.25) is 5.91 Å². The van der Waals surface area contributed by atoms with Gasteiger partial charge in [-0.15, -0.1) is 0 Å². The van der Waals surface area contributed by atoms with E-state index in [0.29, 0.717) is 19.4 Å². The van der Waals surface area contributed by atoms with Crippen molar-refractivity contribution in [2.45, 2.75) is 46.1 Å². The minimum Gasteiger partial charge on any atom is -0.350 e. The molecule has 1 fully saturated rings. The minimum absolute atomic E-state index is 0.145. The monoisotopic (exact) mass is 322 g/mol. The Balaban J connectivity index is 1.78. The smallest absolute Gasteiger partial charge is 0.240 e.